The van der Waals surface area contributed by atoms with Gasteiger partial charge in [-0.15, -0.1) is 11.8 Å². The SMILES string of the molecule is CSc1cc(C)c(C)c(CC#N)c1. The first-order chi connectivity index (χ1) is 6.19. The maximum atomic E-state index is 8.64. The number of aryl methyl sites for hydroxylation is 1. The maximum absolute atomic E-state index is 8.64. The lowest BCUT2D eigenvalue weighted by molar-refractivity contribution is 1.15. The van der Waals surface area contributed by atoms with Gasteiger partial charge >= 0.3 is 0 Å². The van der Waals surface area contributed by atoms with Crippen molar-refractivity contribution in [2.45, 2.75) is 25.2 Å². The first-order valence-electron chi connectivity index (χ1n) is 4.20. The van der Waals surface area contributed by atoms with Crippen molar-refractivity contribution >= 4 is 11.8 Å². The highest BCUT2D eigenvalue weighted by molar-refractivity contribution is 7.98. The molecule has 0 amide bonds. The zero-order chi connectivity index (χ0) is 9.84. The quantitative estimate of drug-likeness (QED) is 0.671. The van der Waals surface area contributed by atoms with Crippen LogP contribution in [0.15, 0.2) is 17.0 Å². The van der Waals surface area contributed by atoms with E-state index in [2.05, 4.69) is 38.3 Å². The number of hydrogen-bond acceptors (Lipinski definition) is 2. The largest absolute Gasteiger partial charge is 0.198 e. The number of nitrogens with zero attached hydrogens (tertiary/aromatic N) is 1. The normalized spacial score (nSPS) is 9.69. The van der Waals surface area contributed by atoms with Gasteiger partial charge in [-0.05, 0) is 48.9 Å². The number of benzene rings is 1. The van der Waals surface area contributed by atoms with Crippen LogP contribution >= 0.6 is 11.8 Å². The van der Waals surface area contributed by atoms with E-state index in [9.17, 15) is 0 Å². The second-order valence-corrected chi connectivity index (χ2v) is 3.94. The summed E-state index contributed by atoms with van der Waals surface area (Å²) in [4.78, 5) is 1.24. The van der Waals surface area contributed by atoms with Gasteiger partial charge in [0.25, 0.3) is 0 Å². The van der Waals surface area contributed by atoms with Crippen molar-refractivity contribution in [2.24, 2.45) is 0 Å². The Morgan fingerprint density at radius 2 is 2.08 bits per heavy atom. The zero-order valence-electron chi connectivity index (χ0n) is 8.22. The Labute approximate surface area is 83.8 Å². The fourth-order valence-corrected chi connectivity index (χ4v) is 1.84. The summed E-state index contributed by atoms with van der Waals surface area (Å²) < 4.78 is 0. The highest BCUT2D eigenvalue weighted by Gasteiger charge is 2.03. The minimum Gasteiger partial charge on any atom is -0.198 e. The molecule has 0 heterocycles. The molecule has 0 aliphatic heterocycles. The van der Waals surface area contributed by atoms with E-state index in [1.54, 1.807) is 11.8 Å². The molecule has 13 heavy (non-hydrogen) atoms. The van der Waals surface area contributed by atoms with Gasteiger partial charge in [-0.1, -0.05) is 0 Å². The number of nitriles is 1. The van der Waals surface area contributed by atoms with Crippen molar-refractivity contribution in [3.63, 3.8) is 0 Å². The van der Waals surface area contributed by atoms with Gasteiger partial charge in [-0.25, -0.2) is 0 Å². The van der Waals surface area contributed by atoms with E-state index in [1.807, 2.05) is 0 Å². The summed E-state index contributed by atoms with van der Waals surface area (Å²) in [7, 11) is 0. The Kier molecular flexibility index (Phi) is 3.39. The second kappa shape index (κ2) is 4.34. The predicted molar refractivity (Wildman–Crippen MR) is 57.0 cm³/mol. The highest BCUT2D eigenvalue weighted by atomic mass is 32.2. The summed E-state index contributed by atoms with van der Waals surface area (Å²) >= 11 is 1.72. The monoisotopic (exact) mass is 191 g/mol. The van der Waals surface area contributed by atoms with Crippen LogP contribution in [0.3, 0.4) is 0 Å². The molecule has 0 aliphatic rings. The molecular weight excluding hydrogens is 178 g/mol. The first kappa shape index (κ1) is 10.1. The first-order valence-corrected chi connectivity index (χ1v) is 5.42. The van der Waals surface area contributed by atoms with Crippen molar-refractivity contribution in [3.05, 3.63) is 28.8 Å². The van der Waals surface area contributed by atoms with Gasteiger partial charge in [-0.2, -0.15) is 5.26 Å². The van der Waals surface area contributed by atoms with Crippen LogP contribution in [0.5, 0.6) is 0 Å². The van der Waals surface area contributed by atoms with Crippen LogP contribution in [0.4, 0.5) is 0 Å². The van der Waals surface area contributed by atoms with Gasteiger partial charge in [0.15, 0.2) is 0 Å². The minimum absolute atomic E-state index is 0.515. The smallest absolute Gasteiger partial charge is 0.0669 e. The summed E-state index contributed by atoms with van der Waals surface area (Å²) in [5.74, 6) is 0. The molecule has 0 spiro atoms. The van der Waals surface area contributed by atoms with Crippen LogP contribution in [-0.4, -0.2) is 6.26 Å². The topological polar surface area (TPSA) is 23.8 Å². The summed E-state index contributed by atoms with van der Waals surface area (Å²) in [5.41, 5.74) is 3.68. The predicted octanol–water partition coefficient (Wildman–Crippen LogP) is 3.09. The molecule has 0 atom stereocenters. The average molecular weight is 191 g/mol. The molecular formula is C11H13NS. The van der Waals surface area contributed by atoms with Crippen LogP contribution in [0, 0.1) is 25.2 Å². The summed E-state index contributed by atoms with van der Waals surface area (Å²) in [6.45, 7) is 4.17. The van der Waals surface area contributed by atoms with E-state index >= 15 is 0 Å². The van der Waals surface area contributed by atoms with E-state index in [1.165, 1.54) is 16.0 Å². The van der Waals surface area contributed by atoms with Crippen molar-refractivity contribution in [1.82, 2.24) is 0 Å². The molecule has 1 aromatic carbocycles. The van der Waals surface area contributed by atoms with Crippen LogP contribution in [-0.2, 0) is 6.42 Å². The van der Waals surface area contributed by atoms with Gasteiger partial charge < -0.3 is 0 Å². The summed E-state index contributed by atoms with van der Waals surface area (Å²) in [5, 5.41) is 8.64. The highest BCUT2D eigenvalue weighted by Crippen LogP contribution is 2.22. The van der Waals surface area contributed by atoms with Gasteiger partial charge in [-0.3, -0.25) is 0 Å². The number of hydrogen-bond donors (Lipinski definition) is 0. The number of rotatable bonds is 2. The summed E-state index contributed by atoms with van der Waals surface area (Å²) in [6, 6.07) is 6.47. The third kappa shape index (κ3) is 2.26. The number of thioether (sulfide) groups is 1. The molecule has 0 saturated heterocycles. The molecule has 0 bridgehead atoms. The van der Waals surface area contributed by atoms with Gasteiger partial charge in [0.1, 0.15) is 0 Å². The van der Waals surface area contributed by atoms with E-state index < -0.39 is 0 Å². The minimum atomic E-state index is 0.515. The molecule has 1 rings (SSSR count). The molecule has 0 N–H and O–H groups in total. The van der Waals surface area contributed by atoms with Crippen LogP contribution < -0.4 is 0 Å². The van der Waals surface area contributed by atoms with E-state index in [-0.39, 0.29) is 0 Å². The van der Waals surface area contributed by atoms with E-state index in [4.69, 9.17) is 5.26 Å². The lowest BCUT2D eigenvalue weighted by Crippen LogP contribution is -1.91. The molecule has 0 radical (unpaired) electrons. The fourth-order valence-electron chi connectivity index (χ4n) is 1.28. The summed E-state index contributed by atoms with van der Waals surface area (Å²) in [6.07, 6.45) is 2.57. The molecule has 0 unspecified atom stereocenters. The van der Waals surface area contributed by atoms with Crippen molar-refractivity contribution < 1.29 is 0 Å². The van der Waals surface area contributed by atoms with Crippen molar-refractivity contribution in [3.8, 4) is 6.07 Å². The van der Waals surface area contributed by atoms with Gasteiger partial charge in [0.05, 0.1) is 12.5 Å². The molecule has 1 nitrogen and oxygen atoms in total. The van der Waals surface area contributed by atoms with Crippen LogP contribution in [0.1, 0.15) is 16.7 Å². The lowest BCUT2D eigenvalue weighted by Gasteiger charge is -2.07. The van der Waals surface area contributed by atoms with Gasteiger partial charge in [0.2, 0.25) is 0 Å². The van der Waals surface area contributed by atoms with Crippen molar-refractivity contribution in [1.29, 1.82) is 5.26 Å². The van der Waals surface area contributed by atoms with Gasteiger partial charge in [0, 0.05) is 4.90 Å². The molecule has 0 aromatic heterocycles. The Morgan fingerprint density at radius 1 is 1.38 bits per heavy atom. The molecule has 68 valence electrons. The Balaban J connectivity index is 3.18. The standard InChI is InChI=1S/C11H13NS/c1-8-6-11(13-3)7-10(4-5-12)9(8)2/h6-7H,4H2,1-3H3. The van der Waals surface area contributed by atoms with Crippen molar-refractivity contribution in [2.75, 3.05) is 6.26 Å². The third-order valence-corrected chi connectivity index (χ3v) is 2.96. The maximum Gasteiger partial charge on any atom is 0.0669 e. The lowest BCUT2D eigenvalue weighted by atomic mass is 10.0. The Morgan fingerprint density at radius 3 is 2.62 bits per heavy atom. The average Bonchev–Trinajstić information content (AvgIpc) is 2.13. The van der Waals surface area contributed by atoms with E-state index in [0.717, 1.165) is 5.56 Å². The third-order valence-electron chi connectivity index (χ3n) is 2.25. The molecule has 0 aliphatic carbocycles. The second-order valence-electron chi connectivity index (χ2n) is 3.06. The molecule has 0 fully saturated rings. The molecule has 0 saturated carbocycles. The Hall–Kier alpha value is -0.940. The van der Waals surface area contributed by atoms with E-state index in [0.29, 0.717) is 6.42 Å². The zero-order valence-corrected chi connectivity index (χ0v) is 9.03. The molecule has 2 heteroatoms. The molecule has 1 aromatic rings. The Bertz CT molecular complexity index is 350. The fraction of sp³-hybridized carbons (Fsp3) is 0.364. The van der Waals surface area contributed by atoms with Crippen LogP contribution in [0.2, 0.25) is 0 Å². The van der Waals surface area contributed by atoms with Crippen LogP contribution in [0.25, 0.3) is 0 Å².